The van der Waals surface area contributed by atoms with Gasteiger partial charge in [0.1, 0.15) is 17.4 Å². The highest BCUT2D eigenvalue weighted by atomic mass is 32.1. The summed E-state index contributed by atoms with van der Waals surface area (Å²) in [5.74, 6) is -1.02. The zero-order chi connectivity index (χ0) is 23.7. The van der Waals surface area contributed by atoms with Crippen molar-refractivity contribution in [2.45, 2.75) is 0 Å². The summed E-state index contributed by atoms with van der Waals surface area (Å²) in [6.45, 7) is 0. The first-order chi connectivity index (χ1) is 16.5. The van der Waals surface area contributed by atoms with Gasteiger partial charge >= 0.3 is 0 Å². The summed E-state index contributed by atoms with van der Waals surface area (Å²) in [6.07, 6.45) is 0. The molecule has 5 nitrogen and oxygen atoms in total. The molecule has 0 unspecified atom stereocenters. The highest BCUT2D eigenvalue weighted by molar-refractivity contribution is 7.14. The van der Waals surface area contributed by atoms with Gasteiger partial charge in [-0.05, 0) is 48.5 Å². The Hall–Kier alpha value is -4.17. The Morgan fingerprint density at radius 3 is 2.50 bits per heavy atom. The van der Waals surface area contributed by atoms with Gasteiger partial charge in [0.2, 0.25) is 0 Å². The maximum absolute atomic E-state index is 14.1. The molecule has 0 saturated carbocycles. The Balaban J connectivity index is 1.49. The number of fused-ring (bicyclic) bond motifs is 1. The number of amides is 1. The molecule has 0 fully saturated rings. The van der Waals surface area contributed by atoms with Gasteiger partial charge in [-0.1, -0.05) is 18.2 Å². The summed E-state index contributed by atoms with van der Waals surface area (Å²) in [4.78, 5) is 22.3. The predicted octanol–water partition coefficient (Wildman–Crippen LogP) is 6.56. The van der Waals surface area contributed by atoms with Gasteiger partial charge in [0.15, 0.2) is 5.13 Å². The van der Waals surface area contributed by atoms with Crippen LogP contribution in [0.5, 0.6) is 5.75 Å². The Bertz CT molecular complexity index is 1520. The molecule has 3 aromatic carbocycles. The van der Waals surface area contributed by atoms with Gasteiger partial charge in [0.05, 0.1) is 29.6 Å². The number of hydrogen-bond acceptors (Lipinski definition) is 5. The van der Waals surface area contributed by atoms with Crippen molar-refractivity contribution in [2.24, 2.45) is 0 Å². The number of hydrogen-bond donors (Lipinski definition) is 1. The lowest BCUT2D eigenvalue weighted by atomic mass is 10.0. The van der Waals surface area contributed by atoms with E-state index < -0.39 is 11.6 Å². The van der Waals surface area contributed by atoms with Crippen molar-refractivity contribution in [3.8, 4) is 28.3 Å². The second kappa shape index (κ2) is 8.99. The van der Waals surface area contributed by atoms with Gasteiger partial charge in [0, 0.05) is 28.0 Å². The van der Waals surface area contributed by atoms with Crippen molar-refractivity contribution < 1.29 is 18.3 Å². The van der Waals surface area contributed by atoms with Crippen LogP contribution in [0.2, 0.25) is 0 Å². The van der Waals surface area contributed by atoms with E-state index in [1.54, 1.807) is 18.6 Å². The highest BCUT2D eigenvalue weighted by Gasteiger charge is 2.17. The van der Waals surface area contributed by atoms with Crippen LogP contribution in [0.25, 0.3) is 33.4 Å². The molecule has 1 amide bonds. The maximum Gasteiger partial charge on any atom is 0.258 e. The lowest BCUT2D eigenvalue weighted by Gasteiger charge is -2.10. The summed E-state index contributed by atoms with van der Waals surface area (Å²) >= 11 is 1.16. The Morgan fingerprint density at radius 1 is 0.941 bits per heavy atom. The van der Waals surface area contributed by atoms with E-state index in [1.807, 2.05) is 48.5 Å². The standard InChI is InChI=1S/C26H17F2N3O2S/c1-33-17-9-6-15(7-10-17)23-13-20(18-4-2-3-5-22(18)29-23)25(32)31-26-30-24(14-34-26)19-11-8-16(27)12-21(19)28/h2-14H,1H3,(H,30,31,32). The normalized spacial score (nSPS) is 10.9. The molecular formula is C26H17F2N3O2S. The number of carbonyl (C=O) groups is 1. The van der Waals surface area contributed by atoms with E-state index in [2.05, 4.69) is 10.3 Å². The molecule has 0 aliphatic heterocycles. The van der Waals surface area contributed by atoms with Gasteiger partial charge < -0.3 is 4.74 Å². The maximum atomic E-state index is 14.1. The summed E-state index contributed by atoms with van der Waals surface area (Å²) in [6, 6.07) is 19.8. The van der Waals surface area contributed by atoms with E-state index in [1.165, 1.54) is 12.1 Å². The van der Waals surface area contributed by atoms with Crippen molar-refractivity contribution >= 4 is 33.3 Å². The third-order valence-electron chi connectivity index (χ3n) is 5.28. The van der Waals surface area contributed by atoms with Gasteiger partial charge in [-0.2, -0.15) is 0 Å². The molecule has 2 heterocycles. The fourth-order valence-electron chi connectivity index (χ4n) is 3.59. The smallest absolute Gasteiger partial charge is 0.258 e. The zero-order valence-corrected chi connectivity index (χ0v) is 18.7. The highest BCUT2D eigenvalue weighted by Crippen LogP contribution is 2.30. The monoisotopic (exact) mass is 473 g/mol. The van der Waals surface area contributed by atoms with Crippen LogP contribution in [0, 0.1) is 11.6 Å². The van der Waals surface area contributed by atoms with Gasteiger partial charge in [-0.15, -0.1) is 11.3 Å². The molecule has 0 aliphatic rings. The minimum absolute atomic E-state index is 0.161. The SMILES string of the molecule is COc1ccc(-c2cc(C(=O)Nc3nc(-c4ccc(F)cc4F)cs3)c3ccccc3n2)cc1. The minimum atomic E-state index is -0.715. The van der Waals surface area contributed by atoms with Crippen LogP contribution in [-0.2, 0) is 0 Å². The van der Waals surface area contributed by atoms with Crippen LogP contribution in [0.15, 0.2) is 78.2 Å². The van der Waals surface area contributed by atoms with Crippen LogP contribution in [0.1, 0.15) is 10.4 Å². The van der Waals surface area contributed by atoms with Crippen LogP contribution >= 0.6 is 11.3 Å². The van der Waals surface area contributed by atoms with Crippen molar-refractivity contribution in [1.82, 2.24) is 9.97 Å². The van der Waals surface area contributed by atoms with Crippen LogP contribution < -0.4 is 10.1 Å². The minimum Gasteiger partial charge on any atom is -0.497 e. The lowest BCUT2D eigenvalue weighted by molar-refractivity contribution is 0.102. The van der Waals surface area contributed by atoms with E-state index in [0.29, 0.717) is 33.0 Å². The molecule has 1 N–H and O–H groups in total. The molecule has 0 atom stereocenters. The number of rotatable bonds is 5. The van der Waals surface area contributed by atoms with Crippen molar-refractivity contribution in [3.05, 3.63) is 95.4 Å². The second-order valence-electron chi connectivity index (χ2n) is 7.42. The number of methoxy groups -OCH3 is 1. The number of pyridine rings is 1. The summed E-state index contributed by atoms with van der Waals surface area (Å²) < 4.78 is 32.6. The predicted molar refractivity (Wildman–Crippen MR) is 129 cm³/mol. The van der Waals surface area contributed by atoms with Crippen molar-refractivity contribution in [2.75, 3.05) is 12.4 Å². The van der Waals surface area contributed by atoms with E-state index >= 15 is 0 Å². The largest absolute Gasteiger partial charge is 0.497 e. The third-order valence-corrected chi connectivity index (χ3v) is 6.04. The van der Waals surface area contributed by atoms with Crippen molar-refractivity contribution in [1.29, 1.82) is 0 Å². The number of para-hydroxylation sites is 1. The molecule has 168 valence electrons. The second-order valence-corrected chi connectivity index (χ2v) is 8.28. The van der Waals surface area contributed by atoms with E-state index in [0.717, 1.165) is 28.7 Å². The van der Waals surface area contributed by atoms with Crippen molar-refractivity contribution in [3.63, 3.8) is 0 Å². The number of thiazole rings is 1. The molecule has 0 aliphatic carbocycles. The first kappa shape index (κ1) is 21.7. The quantitative estimate of drug-likeness (QED) is 0.314. The average Bonchev–Trinajstić information content (AvgIpc) is 3.31. The number of anilines is 1. The third kappa shape index (κ3) is 4.23. The number of carbonyl (C=O) groups excluding carboxylic acids is 1. The number of aromatic nitrogens is 2. The number of nitrogens with one attached hydrogen (secondary N) is 1. The average molecular weight is 474 g/mol. The zero-order valence-electron chi connectivity index (χ0n) is 17.9. The fraction of sp³-hybridized carbons (Fsp3) is 0.0385. The number of nitrogens with zero attached hydrogens (tertiary/aromatic N) is 2. The molecule has 8 heteroatoms. The molecule has 0 spiro atoms. The summed E-state index contributed by atoms with van der Waals surface area (Å²) in [5.41, 5.74) is 3.06. The van der Waals surface area contributed by atoms with Gasteiger partial charge in [0.25, 0.3) is 5.91 Å². The van der Waals surface area contributed by atoms with E-state index in [4.69, 9.17) is 9.72 Å². The number of halogens is 2. The van der Waals surface area contributed by atoms with E-state index in [-0.39, 0.29) is 11.5 Å². The van der Waals surface area contributed by atoms with E-state index in [9.17, 15) is 13.6 Å². The fourth-order valence-corrected chi connectivity index (χ4v) is 4.30. The molecule has 0 radical (unpaired) electrons. The number of ether oxygens (including phenoxy) is 1. The molecule has 0 saturated heterocycles. The Labute approximate surface area is 197 Å². The summed E-state index contributed by atoms with van der Waals surface area (Å²) in [5, 5.41) is 5.40. The molecule has 5 rings (SSSR count). The first-order valence-electron chi connectivity index (χ1n) is 10.3. The first-order valence-corrected chi connectivity index (χ1v) is 11.2. The molecule has 5 aromatic rings. The van der Waals surface area contributed by atoms with Crippen LogP contribution in [-0.4, -0.2) is 23.0 Å². The van der Waals surface area contributed by atoms with Gasteiger partial charge in [-0.25, -0.2) is 18.7 Å². The lowest BCUT2D eigenvalue weighted by Crippen LogP contribution is -2.13. The number of benzene rings is 3. The molecule has 34 heavy (non-hydrogen) atoms. The Kier molecular flexibility index (Phi) is 5.73. The summed E-state index contributed by atoms with van der Waals surface area (Å²) in [7, 11) is 1.60. The molecule has 0 bridgehead atoms. The molecule has 2 aromatic heterocycles. The topological polar surface area (TPSA) is 64.1 Å². The van der Waals surface area contributed by atoms with Crippen LogP contribution in [0.4, 0.5) is 13.9 Å². The van der Waals surface area contributed by atoms with Crippen LogP contribution in [0.3, 0.4) is 0 Å². The van der Waals surface area contributed by atoms with Gasteiger partial charge in [-0.3, -0.25) is 10.1 Å². The Morgan fingerprint density at radius 2 is 1.74 bits per heavy atom. The molecular weight excluding hydrogens is 456 g/mol.